The molecule has 0 bridgehead atoms. The SMILES string of the molecule is CCn1cnnc1CNC(C)CC(F)(F)F. The summed E-state index contributed by atoms with van der Waals surface area (Å²) >= 11 is 0. The van der Waals surface area contributed by atoms with E-state index < -0.39 is 18.6 Å². The van der Waals surface area contributed by atoms with Gasteiger partial charge in [0.1, 0.15) is 12.2 Å². The summed E-state index contributed by atoms with van der Waals surface area (Å²) in [5.74, 6) is 0.650. The summed E-state index contributed by atoms with van der Waals surface area (Å²) in [6.07, 6.45) is -3.41. The molecule has 4 nitrogen and oxygen atoms in total. The lowest BCUT2D eigenvalue weighted by atomic mass is 10.2. The van der Waals surface area contributed by atoms with Crippen molar-refractivity contribution in [1.82, 2.24) is 20.1 Å². The van der Waals surface area contributed by atoms with E-state index in [2.05, 4.69) is 15.5 Å². The molecule has 1 unspecified atom stereocenters. The Labute approximate surface area is 91.9 Å². The molecule has 0 aliphatic heterocycles. The van der Waals surface area contributed by atoms with Gasteiger partial charge in [0.05, 0.1) is 13.0 Å². The van der Waals surface area contributed by atoms with Crippen LogP contribution in [-0.4, -0.2) is 27.0 Å². The second-order valence-electron chi connectivity index (χ2n) is 3.63. The van der Waals surface area contributed by atoms with E-state index in [9.17, 15) is 13.2 Å². The van der Waals surface area contributed by atoms with Gasteiger partial charge in [-0.2, -0.15) is 13.2 Å². The third kappa shape index (κ3) is 4.18. The number of hydrogen-bond acceptors (Lipinski definition) is 3. The summed E-state index contributed by atoms with van der Waals surface area (Å²) in [4.78, 5) is 0. The summed E-state index contributed by atoms with van der Waals surface area (Å²) in [7, 11) is 0. The topological polar surface area (TPSA) is 42.7 Å². The first-order chi connectivity index (χ1) is 7.42. The van der Waals surface area contributed by atoms with Crippen LogP contribution >= 0.6 is 0 Å². The molecule has 0 radical (unpaired) electrons. The van der Waals surface area contributed by atoms with E-state index in [0.717, 1.165) is 0 Å². The number of rotatable bonds is 5. The van der Waals surface area contributed by atoms with Gasteiger partial charge in [-0.25, -0.2) is 0 Å². The van der Waals surface area contributed by atoms with Crippen LogP contribution in [0.15, 0.2) is 6.33 Å². The molecule has 92 valence electrons. The average molecular weight is 236 g/mol. The summed E-state index contributed by atoms with van der Waals surface area (Å²) in [5.41, 5.74) is 0. The molecule has 0 saturated carbocycles. The van der Waals surface area contributed by atoms with Crippen LogP contribution in [0.5, 0.6) is 0 Å². The van der Waals surface area contributed by atoms with E-state index in [-0.39, 0.29) is 0 Å². The lowest BCUT2D eigenvalue weighted by Crippen LogP contribution is -2.31. The first kappa shape index (κ1) is 13.0. The van der Waals surface area contributed by atoms with E-state index in [1.807, 2.05) is 6.92 Å². The van der Waals surface area contributed by atoms with Gasteiger partial charge in [0, 0.05) is 12.6 Å². The number of alkyl halides is 3. The number of nitrogens with zero attached hydrogens (tertiary/aromatic N) is 3. The average Bonchev–Trinajstić information content (AvgIpc) is 2.59. The number of aromatic nitrogens is 3. The Bertz CT molecular complexity index is 321. The number of nitrogens with one attached hydrogen (secondary N) is 1. The largest absolute Gasteiger partial charge is 0.390 e. The lowest BCUT2D eigenvalue weighted by Gasteiger charge is -2.15. The first-order valence-electron chi connectivity index (χ1n) is 5.09. The van der Waals surface area contributed by atoms with Crippen LogP contribution in [0.1, 0.15) is 26.1 Å². The van der Waals surface area contributed by atoms with Crippen molar-refractivity contribution in [3.63, 3.8) is 0 Å². The molecule has 0 amide bonds. The van der Waals surface area contributed by atoms with Gasteiger partial charge >= 0.3 is 6.18 Å². The quantitative estimate of drug-likeness (QED) is 0.846. The van der Waals surface area contributed by atoms with Gasteiger partial charge in [-0.05, 0) is 13.8 Å². The van der Waals surface area contributed by atoms with Gasteiger partial charge in [0.25, 0.3) is 0 Å². The summed E-state index contributed by atoms with van der Waals surface area (Å²) in [6, 6.07) is -0.623. The maximum atomic E-state index is 12.0. The maximum Gasteiger partial charge on any atom is 0.390 e. The molecule has 1 rings (SSSR count). The van der Waals surface area contributed by atoms with Crippen molar-refractivity contribution < 1.29 is 13.2 Å². The van der Waals surface area contributed by atoms with Gasteiger partial charge < -0.3 is 9.88 Å². The molecular weight excluding hydrogens is 221 g/mol. The van der Waals surface area contributed by atoms with Gasteiger partial charge in [-0.15, -0.1) is 10.2 Å². The number of hydrogen-bond donors (Lipinski definition) is 1. The van der Waals surface area contributed by atoms with Crippen LogP contribution in [-0.2, 0) is 13.1 Å². The predicted molar refractivity (Wildman–Crippen MR) is 52.7 cm³/mol. The highest BCUT2D eigenvalue weighted by molar-refractivity contribution is 4.85. The minimum absolute atomic E-state index is 0.297. The van der Waals surface area contributed by atoms with Crippen molar-refractivity contribution in [2.45, 2.75) is 45.6 Å². The molecule has 16 heavy (non-hydrogen) atoms. The van der Waals surface area contributed by atoms with E-state index in [1.165, 1.54) is 6.92 Å². The van der Waals surface area contributed by atoms with E-state index in [0.29, 0.717) is 18.9 Å². The highest BCUT2D eigenvalue weighted by Gasteiger charge is 2.29. The van der Waals surface area contributed by atoms with Crippen molar-refractivity contribution in [3.8, 4) is 0 Å². The molecule has 0 aromatic carbocycles. The van der Waals surface area contributed by atoms with Gasteiger partial charge in [-0.3, -0.25) is 0 Å². The smallest absolute Gasteiger partial charge is 0.317 e. The molecule has 1 aromatic rings. The van der Waals surface area contributed by atoms with Crippen LogP contribution in [0.25, 0.3) is 0 Å². The summed E-state index contributed by atoms with van der Waals surface area (Å²) in [6.45, 7) is 4.43. The molecule has 1 aromatic heterocycles. The van der Waals surface area contributed by atoms with Crippen molar-refractivity contribution in [3.05, 3.63) is 12.2 Å². The fourth-order valence-electron chi connectivity index (χ4n) is 1.36. The number of halogens is 3. The molecule has 7 heteroatoms. The first-order valence-corrected chi connectivity index (χ1v) is 5.09. The molecule has 0 spiro atoms. The summed E-state index contributed by atoms with van der Waals surface area (Å²) < 4.78 is 37.9. The highest BCUT2D eigenvalue weighted by atomic mass is 19.4. The zero-order chi connectivity index (χ0) is 12.2. The molecule has 1 heterocycles. The maximum absolute atomic E-state index is 12.0. The highest BCUT2D eigenvalue weighted by Crippen LogP contribution is 2.21. The van der Waals surface area contributed by atoms with Crippen molar-refractivity contribution in [1.29, 1.82) is 0 Å². The lowest BCUT2D eigenvalue weighted by molar-refractivity contribution is -0.139. The Morgan fingerprint density at radius 3 is 2.75 bits per heavy atom. The Balaban J connectivity index is 2.40. The zero-order valence-electron chi connectivity index (χ0n) is 9.25. The van der Waals surface area contributed by atoms with Crippen molar-refractivity contribution in [2.75, 3.05) is 0 Å². The molecule has 1 atom stereocenters. The van der Waals surface area contributed by atoms with Crippen molar-refractivity contribution >= 4 is 0 Å². The fourth-order valence-corrected chi connectivity index (χ4v) is 1.36. The molecule has 1 N–H and O–H groups in total. The van der Waals surface area contributed by atoms with Gasteiger partial charge in [-0.1, -0.05) is 0 Å². The normalized spacial score (nSPS) is 14.1. The summed E-state index contributed by atoms with van der Waals surface area (Å²) in [5, 5.41) is 10.3. The van der Waals surface area contributed by atoms with Crippen LogP contribution in [0.2, 0.25) is 0 Å². The monoisotopic (exact) mass is 236 g/mol. The Hall–Kier alpha value is -1.11. The molecular formula is C9H15F3N4. The zero-order valence-corrected chi connectivity index (χ0v) is 9.25. The molecule has 0 aliphatic rings. The van der Waals surface area contributed by atoms with Crippen LogP contribution in [0.4, 0.5) is 13.2 Å². The number of aryl methyl sites for hydroxylation is 1. The Morgan fingerprint density at radius 1 is 1.50 bits per heavy atom. The molecule has 0 aliphatic carbocycles. The minimum Gasteiger partial charge on any atom is -0.317 e. The van der Waals surface area contributed by atoms with Crippen LogP contribution in [0.3, 0.4) is 0 Å². The third-order valence-corrected chi connectivity index (χ3v) is 2.18. The predicted octanol–water partition coefficient (Wildman–Crippen LogP) is 1.73. The van der Waals surface area contributed by atoms with E-state index in [1.54, 1.807) is 10.9 Å². The fraction of sp³-hybridized carbons (Fsp3) is 0.778. The Morgan fingerprint density at radius 2 is 2.19 bits per heavy atom. The third-order valence-electron chi connectivity index (χ3n) is 2.18. The van der Waals surface area contributed by atoms with E-state index in [4.69, 9.17) is 0 Å². The van der Waals surface area contributed by atoms with Gasteiger partial charge in [0.2, 0.25) is 0 Å². The van der Waals surface area contributed by atoms with Crippen LogP contribution < -0.4 is 5.32 Å². The Kier molecular flexibility index (Phi) is 4.28. The van der Waals surface area contributed by atoms with Crippen LogP contribution in [0, 0.1) is 0 Å². The molecule has 0 saturated heterocycles. The van der Waals surface area contributed by atoms with E-state index >= 15 is 0 Å². The second kappa shape index (κ2) is 5.29. The van der Waals surface area contributed by atoms with Crippen molar-refractivity contribution in [2.24, 2.45) is 0 Å². The molecule has 0 fully saturated rings. The standard InChI is InChI=1S/C9H15F3N4/c1-3-16-6-14-15-8(16)5-13-7(2)4-9(10,11)12/h6-7,13H,3-5H2,1-2H3. The minimum atomic E-state index is -4.13. The van der Waals surface area contributed by atoms with Gasteiger partial charge in [0.15, 0.2) is 0 Å². The second-order valence-corrected chi connectivity index (χ2v) is 3.63.